The highest BCUT2D eigenvalue weighted by molar-refractivity contribution is 8.93. The third-order valence-corrected chi connectivity index (χ3v) is 4.19. The highest BCUT2D eigenvalue weighted by Crippen LogP contribution is 2.14. The number of thioether (sulfide) groups is 1. The SMILES string of the molecule is Br.CN(CCCCCC1=NN=C(N)SC1)c1ccccc1. The lowest BCUT2D eigenvalue weighted by Crippen LogP contribution is -2.18. The maximum atomic E-state index is 5.56. The second-order valence-electron chi connectivity index (χ2n) is 4.96. The van der Waals surface area contributed by atoms with Crippen LogP contribution in [0.2, 0.25) is 0 Å². The smallest absolute Gasteiger partial charge is 0.180 e. The molecule has 1 aliphatic rings. The van der Waals surface area contributed by atoms with Crippen molar-refractivity contribution in [2.45, 2.75) is 25.7 Å². The van der Waals surface area contributed by atoms with Crippen molar-refractivity contribution >= 4 is 45.3 Å². The number of halogens is 1. The van der Waals surface area contributed by atoms with Crippen LogP contribution in [-0.4, -0.2) is 30.2 Å². The third kappa shape index (κ3) is 6.52. The van der Waals surface area contributed by atoms with Crippen molar-refractivity contribution in [3.63, 3.8) is 0 Å². The summed E-state index contributed by atoms with van der Waals surface area (Å²) in [4.78, 5) is 2.30. The van der Waals surface area contributed by atoms with Crippen LogP contribution in [0.15, 0.2) is 40.5 Å². The van der Waals surface area contributed by atoms with E-state index in [9.17, 15) is 0 Å². The number of unbranched alkanes of at least 4 members (excludes halogenated alkanes) is 2. The quantitative estimate of drug-likeness (QED) is 0.744. The van der Waals surface area contributed by atoms with E-state index in [2.05, 4.69) is 52.5 Å². The Balaban J connectivity index is 0.00000220. The van der Waals surface area contributed by atoms with Crippen molar-refractivity contribution < 1.29 is 0 Å². The molecule has 0 saturated carbocycles. The summed E-state index contributed by atoms with van der Waals surface area (Å²) in [5.74, 6) is 0.902. The Morgan fingerprint density at radius 2 is 1.90 bits per heavy atom. The van der Waals surface area contributed by atoms with Crippen molar-refractivity contribution in [1.29, 1.82) is 0 Å². The van der Waals surface area contributed by atoms with Gasteiger partial charge in [-0.15, -0.1) is 22.1 Å². The molecule has 6 heteroatoms. The number of benzene rings is 1. The van der Waals surface area contributed by atoms with Crippen LogP contribution < -0.4 is 10.6 Å². The van der Waals surface area contributed by atoms with Crippen LogP contribution >= 0.6 is 28.7 Å². The van der Waals surface area contributed by atoms with E-state index in [0.717, 1.165) is 18.7 Å². The lowest BCUT2D eigenvalue weighted by atomic mass is 10.1. The molecule has 0 fully saturated rings. The van der Waals surface area contributed by atoms with Gasteiger partial charge in [-0.05, 0) is 31.4 Å². The van der Waals surface area contributed by atoms with Crippen LogP contribution in [0.25, 0.3) is 0 Å². The van der Waals surface area contributed by atoms with Gasteiger partial charge in [-0.1, -0.05) is 36.4 Å². The Morgan fingerprint density at radius 1 is 1.14 bits per heavy atom. The maximum absolute atomic E-state index is 5.56. The van der Waals surface area contributed by atoms with E-state index < -0.39 is 0 Å². The van der Waals surface area contributed by atoms with E-state index in [1.54, 1.807) is 11.8 Å². The standard InChI is InChI=1S/C15H22N4S.BrH/c1-19(14-9-5-2-6-10-14)11-7-3-4-8-13-12-20-15(16)18-17-13;/h2,5-6,9-10H,3-4,7-8,11-12H2,1H3,(H2,16,18);1H. The first-order valence-corrected chi connectivity index (χ1v) is 8.02. The lowest BCUT2D eigenvalue weighted by molar-refractivity contribution is 0.686. The number of rotatable bonds is 7. The summed E-state index contributed by atoms with van der Waals surface area (Å²) in [6.45, 7) is 1.09. The van der Waals surface area contributed by atoms with Gasteiger partial charge in [0.15, 0.2) is 5.17 Å². The molecule has 0 bridgehead atoms. The Kier molecular flexibility index (Phi) is 8.45. The van der Waals surface area contributed by atoms with Gasteiger partial charge in [-0.25, -0.2) is 0 Å². The number of para-hydroxylation sites is 1. The van der Waals surface area contributed by atoms with Gasteiger partial charge in [0.05, 0.1) is 5.71 Å². The molecular weight excluding hydrogens is 348 g/mol. The molecule has 0 aliphatic carbocycles. The fourth-order valence-electron chi connectivity index (χ4n) is 2.12. The average Bonchev–Trinajstić information content (AvgIpc) is 2.49. The molecule has 0 radical (unpaired) electrons. The molecular formula is C15H23BrN4S. The molecule has 0 atom stereocenters. The fourth-order valence-corrected chi connectivity index (χ4v) is 2.74. The minimum atomic E-state index is 0. The van der Waals surface area contributed by atoms with Crippen molar-refractivity contribution in [1.82, 2.24) is 0 Å². The highest BCUT2D eigenvalue weighted by Gasteiger charge is 2.07. The topological polar surface area (TPSA) is 54.0 Å². The van der Waals surface area contributed by atoms with Crippen LogP contribution in [0.3, 0.4) is 0 Å². The second kappa shape index (κ2) is 9.84. The zero-order chi connectivity index (χ0) is 14.2. The predicted octanol–water partition coefficient (Wildman–Crippen LogP) is 3.68. The zero-order valence-electron chi connectivity index (χ0n) is 12.4. The summed E-state index contributed by atoms with van der Waals surface area (Å²) in [7, 11) is 2.15. The monoisotopic (exact) mass is 370 g/mol. The first-order chi connectivity index (χ1) is 9.75. The number of anilines is 1. The first-order valence-electron chi connectivity index (χ1n) is 7.03. The van der Waals surface area contributed by atoms with Crippen LogP contribution in [0, 0.1) is 0 Å². The van der Waals surface area contributed by atoms with Crippen LogP contribution in [0.4, 0.5) is 5.69 Å². The van der Waals surface area contributed by atoms with Gasteiger partial charge in [-0.3, -0.25) is 0 Å². The maximum Gasteiger partial charge on any atom is 0.180 e. The van der Waals surface area contributed by atoms with Crippen molar-refractivity contribution in [3.05, 3.63) is 30.3 Å². The van der Waals surface area contributed by atoms with E-state index in [-0.39, 0.29) is 17.0 Å². The van der Waals surface area contributed by atoms with Crippen LogP contribution in [-0.2, 0) is 0 Å². The van der Waals surface area contributed by atoms with E-state index in [1.165, 1.54) is 30.7 Å². The Hall–Kier alpha value is -1.01. The second-order valence-corrected chi connectivity index (χ2v) is 5.96. The van der Waals surface area contributed by atoms with Gasteiger partial charge in [0.25, 0.3) is 0 Å². The molecule has 1 aliphatic heterocycles. The van der Waals surface area contributed by atoms with E-state index >= 15 is 0 Å². The number of hydrogen-bond acceptors (Lipinski definition) is 5. The van der Waals surface area contributed by atoms with Crippen molar-refractivity contribution in [3.8, 4) is 0 Å². The van der Waals surface area contributed by atoms with E-state index in [0.29, 0.717) is 5.17 Å². The Bertz CT molecular complexity index is 476. The van der Waals surface area contributed by atoms with Crippen LogP contribution in [0.1, 0.15) is 25.7 Å². The Labute approximate surface area is 141 Å². The summed E-state index contributed by atoms with van der Waals surface area (Å²) >= 11 is 1.58. The highest BCUT2D eigenvalue weighted by atomic mass is 79.9. The summed E-state index contributed by atoms with van der Waals surface area (Å²) in [6, 6.07) is 10.5. The van der Waals surface area contributed by atoms with Gasteiger partial charge in [0.2, 0.25) is 0 Å². The van der Waals surface area contributed by atoms with Crippen molar-refractivity contribution in [2.24, 2.45) is 15.9 Å². The number of hydrogen-bond donors (Lipinski definition) is 1. The van der Waals surface area contributed by atoms with Gasteiger partial charge in [-0.2, -0.15) is 5.10 Å². The largest absolute Gasteiger partial charge is 0.377 e. The van der Waals surface area contributed by atoms with E-state index in [4.69, 9.17) is 5.73 Å². The molecule has 0 unspecified atom stereocenters. The minimum absolute atomic E-state index is 0. The van der Waals surface area contributed by atoms with Gasteiger partial charge in [0.1, 0.15) is 0 Å². The molecule has 0 saturated heterocycles. The van der Waals surface area contributed by atoms with E-state index in [1.807, 2.05) is 0 Å². The summed E-state index contributed by atoms with van der Waals surface area (Å²) in [6.07, 6.45) is 4.65. The fraction of sp³-hybridized carbons (Fsp3) is 0.467. The molecule has 4 nitrogen and oxygen atoms in total. The van der Waals surface area contributed by atoms with Gasteiger partial charge < -0.3 is 10.6 Å². The molecule has 1 heterocycles. The number of nitrogens with zero attached hydrogens (tertiary/aromatic N) is 3. The minimum Gasteiger partial charge on any atom is -0.377 e. The molecule has 2 rings (SSSR count). The molecule has 0 spiro atoms. The molecule has 2 N–H and O–H groups in total. The molecule has 1 aromatic carbocycles. The Morgan fingerprint density at radius 3 is 2.57 bits per heavy atom. The number of amidine groups is 1. The molecule has 116 valence electrons. The van der Waals surface area contributed by atoms with Crippen LogP contribution in [0.5, 0.6) is 0 Å². The van der Waals surface area contributed by atoms with Crippen molar-refractivity contribution in [2.75, 3.05) is 24.2 Å². The first kappa shape index (κ1) is 18.0. The normalized spacial score (nSPS) is 14.0. The van der Waals surface area contributed by atoms with Gasteiger partial charge in [0, 0.05) is 25.0 Å². The summed E-state index contributed by atoms with van der Waals surface area (Å²) in [5.41, 5.74) is 8.01. The summed E-state index contributed by atoms with van der Waals surface area (Å²) < 4.78 is 0. The molecule has 0 aromatic heterocycles. The predicted molar refractivity (Wildman–Crippen MR) is 100 cm³/mol. The molecule has 0 amide bonds. The third-order valence-electron chi connectivity index (χ3n) is 3.33. The number of nitrogens with two attached hydrogens (primary N) is 1. The summed E-state index contributed by atoms with van der Waals surface area (Å²) in [5, 5.41) is 8.64. The molecule has 21 heavy (non-hydrogen) atoms. The molecule has 1 aromatic rings. The average molecular weight is 371 g/mol. The van der Waals surface area contributed by atoms with Gasteiger partial charge >= 0.3 is 0 Å². The zero-order valence-corrected chi connectivity index (χ0v) is 14.9. The lowest BCUT2D eigenvalue weighted by Gasteiger charge is -2.19.